The number of amides is 1. The molecule has 0 spiro atoms. The lowest BCUT2D eigenvalue weighted by molar-refractivity contribution is -0.132. The van der Waals surface area contributed by atoms with Gasteiger partial charge in [0.1, 0.15) is 22.9 Å². The fraction of sp³-hybridized carbons (Fsp3) is 0.250. The molecule has 4 heterocycles. The molecule has 0 unspecified atom stereocenters. The maximum atomic E-state index is 12.9. The van der Waals surface area contributed by atoms with Crippen molar-refractivity contribution < 1.29 is 4.79 Å². The molecule has 1 aliphatic heterocycles. The van der Waals surface area contributed by atoms with E-state index in [0.29, 0.717) is 23.7 Å². The summed E-state index contributed by atoms with van der Waals surface area (Å²) in [7, 11) is 0. The first-order valence-corrected chi connectivity index (χ1v) is 12.7. The average molecular weight is 499 g/mol. The number of para-hydroxylation sites is 1. The van der Waals surface area contributed by atoms with E-state index in [1.807, 2.05) is 47.5 Å². The average Bonchev–Trinajstić information content (AvgIpc) is 3.50. The molecule has 8 heteroatoms. The van der Waals surface area contributed by atoms with Crippen molar-refractivity contribution >= 4 is 39.7 Å². The summed E-state index contributed by atoms with van der Waals surface area (Å²) in [6.07, 6.45) is 6.56. The minimum absolute atomic E-state index is 0.189. The Bertz CT molecular complexity index is 1530. The highest BCUT2D eigenvalue weighted by molar-refractivity contribution is 6.30. The summed E-state index contributed by atoms with van der Waals surface area (Å²) in [5, 5.41) is 1.83. The number of carbonyl (C=O) groups excluding carboxylic acids is 1. The number of nitrogens with one attached hydrogen (secondary N) is 1. The molecule has 1 saturated heterocycles. The van der Waals surface area contributed by atoms with Gasteiger partial charge in [0.05, 0.1) is 5.69 Å². The SMILES string of the molecule is Nc1nccn2c(C3CCN(C(=O)CCc4cccc(Cl)c4)CC3)nc(-c3cc4ccccc4[nH]3)c12. The van der Waals surface area contributed by atoms with Crippen LogP contribution in [-0.4, -0.2) is 43.2 Å². The number of aromatic amines is 1. The number of hydrogen-bond donors (Lipinski definition) is 2. The van der Waals surface area contributed by atoms with Crippen LogP contribution in [0.15, 0.2) is 67.0 Å². The van der Waals surface area contributed by atoms with Gasteiger partial charge in [-0.15, -0.1) is 0 Å². The molecule has 0 saturated carbocycles. The predicted octanol–water partition coefficient (Wildman–Crippen LogP) is 5.45. The van der Waals surface area contributed by atoms with Crippen LogP contribution in [0.1, 0.15) is 36.6 Å². The van der Waals surface area contributed by atoms with Gasteiger partial charge >= 0.3 is 0 Å². The van der Waals surface area contributed by atoms with E-state index in [1.54, 1.807) is 6.20 Å². The number of anilines is 1. The van der Waals surface area contributed by atoms with Crippen LogP contribution < -0.4 is 5.73 Å². The molecule has 182 valence electrons. The molecule has 0 radical (unpaired) electrons. The normalized spacial score (nSPS) is 14.6. The van der Waals surface area contributed by atoms with E-state index in [0.717, 1.165) is 65.1 Å². The van der Waals surface area contributed by atoms with E-state index in [4.69, 9.17) is 22.3 Å². The van der Waals surface area contributed by atoms with E-state index in [2.05, 4.69) is 32.6 Å². The van der Waals surface area contributed by atoms with E-state index in [1.165, 1.54) is 0 Å². The Kier molecular flexibility index (Phi) is 5.85. The van der Waals surface area contributed by atoms with Crippen LogP contribution in [0, 0.1) is 0 Å². The Hall–Kier alpha value is -3.84. The number of H-pyrrole nitrogens is 1. The molecule has 3 aromatic heterocycles. The van der Waals surface area contributed by atoms with Crippen LogP contribution >= 0.6 is 11.6 Å². The van der Waals surface area contributed by atoms with Crippen LogP contribution in [0.2, 0.25) is 5.02 Å². The maximum Gasteiger partial charge on any atom is 0.222 e. The topological polar surface area (TPSA) is 92.3 Å². The van der Waals surface area contributed by atoms with Crippen molar-refractivity contribution in [3.05, 3.63) is 83.4 Å². The first-order valence-electron chi connectivity index (χ1n) is 12.3. The van der Waals surface area contributed by atoms with Crippen LogP contribution in [0.3, 0.4) is 0 Å². The smallest absolute Gasteiger partial charge is 0.222 e. The number of benzene rings is 2. The van der Waals surface area contributed by atoms with Crippen LogP contribution in [0.25, 0.3) is 27.8 Å². The number of imidazole rings is 1. The summed E-state index contributed by atoms with van der Waals surface area (Å²) in [4.78, 5) is 27.8. The van der Waals surface area contributed by atoms with Crippen LogP contribution in [-0.2, 0) is 11.2 Å². The van der Waals surface area contributed by atoms with Crippen molar-refractivity contribution in [2.75, 3.05) is 18.8 Å². The number of nitrogens with zero attached hydrogens (tertiary/aromatic N) is 4. The summed E-state index contributed by atoms with van der Waals surface area (Å²) >= 11 is 6.08. The number of rotatable bonds is 5. The molecule has 2 aromatic carbocycles. The lowest BCUT2D eigenvalue weighted by Gasteiger charge is -2.31. The number of fused-ring (bicyclic) bond motifs is 2. The number of aromatic nitrogens is 4. The van der Waals surface area contributed by atoms with Crippen molar-refractivity contribution in [2.45, 2.75) is 31.6 Å². The fourth-order valence-corrected chi connectivity index (χ4v) is 5.47. The zero-order valence-corrected chi connectivity index (χ0v) is 20.6. The molecule has 3 N–H and O–H groups in total. The first-order chi connectivity index (χ1) is 17.6. The van der Waals surface area contributed by atoms with Gasteiger partial charge in [-0.25, -0.2) is 9.97 Å². The molecular weight excluding hydrogens is 472 g/mol. The van der Waals surface area contributed by atoms with E-state index in [-0.39, 0.29) is 11.8 Å². The Morgan fingerprint density at radius 2 is 1.94 bits per heavy atom. The van der Waals surface area contributed by atoms with Crippen molar-refractivity contribution in [3.63, 3.8) is 0 Å². The van der Waals surface area contributed by atoms with Crippen molar-refractivity contribution in [2.24, 2.45) is 0 Å². The molecule has 1 amide bonds. The van der Waals surface area contributed by atoms with Gasteiger partial charge in [0.25, 0.3) is 0 Å². The molecule has 36 heavy (non-hydrogen) atoms. The monoisotopic (exact) mass is 498 g/mol. The highest BCUT2D eigenvalue weighted by Gasteiger charge is 2.28. The second-order valence-electron chi connectivity index (χ2n) is 9.40. The molecular formula is C28H27ClN6O. The quantitative estimate of drug-likeness (QED) is 0.337. The maximum absolute atomic E-state index is 12.9. The minimum atomic E-state index is 0.189. The summed E-state index contributed by atoms with van der Waals surface area (Å²) < 4.78 is 2.07. The van der Waals surface area contributed by atoms with Crippen LogP contribution in [0.5, 0.6) is 0 Å². The highest BCUT2D eigenvalue weighted by atomic mass is 35.5. The summed E-state index contributed by atoms with van der Waals surface area (Å²) in [5.74, 6) is 1.85. The number of hydrogen-bond acceptors (Lipinski definition) is 4. The third-order valence-electron chi connectivity index (χ3n) is 7.12. The number of nitrogen functional groups attached to an aromatic ring is 1. The Labute approximate surface area is 213 Å². The standard InChI is InChI=1S/C28H27ClN6O/c29-21-6-3-4-18(16-21)8-9-24(36)34-13-10-19(11-14-34)28-33-25(26-27(30)31-12-15-35(26)28)23-17-20-5-1-2-7-22(20)32-23/h1-7,12,15-17,19,32H,8-11,13-14H2,(H2,30,31). The summed E-state index contributed by atoms with van der Waals surface area (Å²) in [5.41, 5.74) is 11.0. The van der Waals surface area contributed by atoms with Crippen LogP contribution in [0.4, 0.5) is 5.82 Å². The largest absolute Gasteiger partial charge is 0.382 e. The predicted molar refractivity (Wildman–Crippen MR) is 143 cm³/mol. The van der Waals surface area contributed by atoms with Gasteiger partial charge in [0.15, 0.2) is 0 Å². The van der Waals surface area contributed by atoms with Gasteiger partial charge in [0.2, 0.25) is 5.91 Å². The number of aryl methyl sites for hydroxylation is 1. The lowest BCUT2D eigenvalue weighted by atomic mass is 9.95. The number of halogens is 1. The summed E-state index contributed by atoms with van der Waals surface area (Å²) in [6.45, 7) is 1.44. The van der Waals surface area contributed by atoms with Crippen molar-refractivity contribution in [1.82, 2.24) is 24.3 Å². The molecule has 5 aromatic rings. The van der Waals surface area contributed by atoms with Gasteiger partial charge in [-0.05, 0) is 49.1 Å². The van der Waals surface area contributed by atoms with E-state index < -0.39 is 0 Å². The minimum Gasteiger partial charge on any atom is -0.382 e. The molecule has 0 atom stereocenters. The van der Waals surface area contributed by atoms with E-state index in [9.17, 15) is 4.79 Å². The molecule has 1 fully saturated rings. The molecule has 0 aliphatic carbocycles. The number of nitrogens with two attached hydrogens (primary N) is 1. The van der Waals surface area contributed by atoms with Crippen molar-refractivity contribution in [3.8, 4) is 11.4 Å². The third-order valence-corrected chi connectivity index (χ3v) is 7.36. The van der Waals surface area contributed by atoms with E-state index >= 15 is 0 Å². The second kappa shape index (κ2) is 9.32. The molecule has 0 bridgehead atoms. The fourth-order valence-electron chi connectivity index (χ4n) is 5.25. The van der Waals surface area contributed by atoms with Gasteiger partial charge in [-0.3, -0.25) is 9.20 Å². The number of carbonyl (C=O) groups is 1. The summed E-state index contributed by atoms with van der Waals surface area (Å²) in [6, 6.07) is 18.0. The molecule has 6 rings (SSSR count). The van der Waals surface area contributed by atoms with Gasteiger partial charge < -0.3 is 15.6 Å². The second-order valence-corrected chi connectivity index (χ2v) is 9.84. The highest BCUT2D eigenvalue weighted by Crippen LogP contribution is 2.35. The molecule has 1 aliphatic rings. The van der Waals surface area contributed by atoms with Gasteiger partial charge in [-0.1, -0.05) is 41.9 Å². The Morgan fingerprint density at radius 3 is 2.75 bits per heavy atom. The van der Waals surface area contributed by atoms with Crippen molar-refractivity contribution in [1.29, 1.82) is 0 Å². The number of piperidine rings is 1. The Balaban J connectivity index is 1.21. The third kappa shape index (κ3) is 4.20. The van der Waals surface area contributed by atoms with Gasteiger partial charge in [-0.2, -0.15) is 0 Å². The zero-order chi connectivity index (χ0) is 24.6. The zero-order valence-electron chi connectivity index (χ0n) is 19.8. The lowest BCUT2D eigenvalue weighted by Crippen LogP contribution is -2.38. The number of likely N-dealkylation sites (tertiary alicyclic amines) is 1. The first kappa shape index (κ1) is 22.6. The Morgan fingerprint density at radius 1 is 1.11 bits per heavy atom. The van der Waals surface area contributed by atoms with Gasteiger partial charge in [0, 0.05) is 53.7 Å². The molecule has 7 nitrogen and oxygen atoms in total.